The Balaban J connectivity index is 2.53. The van der Waals surface area contributed by atoms with Gasteiger partial charge < -0.3 is 10.1 Å². The van der Waals surface area contributed by atoms with Crippen LogP contribution in [0.2, 0.25) is 0 Å². The van der Waals surface area contributed by atoms with Crippen molar-refractivity contribution in [2.24, 2.45) is 0 Å². The summed E-state index contributed by atoms with van der Waals surface area (Å²) in [5.74, 6) is 0.595. The van der Waals surface area contributed by atoms with Crippen LogP contribution in [-0.4, -0.2) is 33.9 Å². The fourth-order valence-corrected chi connectivity index (χ4v) is 1.37. The number of hydrogen-bond acceptors (Lipinski definition) is 4. The van der Waals surface area contributed by atoms with Gasteiger partial charge in [0.15, 0.2) is 0 Å². The summed E-state index contributed by atoms with van der Waals surface area (Å²) in [4.78, 5) is 15.5. The quantitative estimate of drug-likeness (QED) is 0.822. The van der Waals surface area contributed by atoms with Crippen LogP contribution in [0.3, 0.4) is 0 Å². The molecular weight excluding hydrogens is 220 g/mol. The van der Waals surface area contributed by atoms with Crippen molar-refractivity contribution in [3.8, 4) is 0 Å². The highest BCUT2D eigenvalue weighted by molar-refractivity contribution is 5.77. The Morgan fingerprint density at radius 1 is 1.53 bits per heavy atom. The summed E-state index contributed by atoms with van der Waals surface area (Å²) in [6.07, 6.45) is 1.50. The van der Waals surface area contributed by atoms with Crippen LogP contribution in [0, 0.1) is 0 Å². The Hall–Kier alpha value is -1.43. The van der Waals surface area contributed by atoms with Gasteiger partial charge in [-0.15, -0.1) is 0 Å². The van der Waals surface area contributed by atoms with Gasteiger partial charge in [-0.2, -0.15) is 5.10 Å². The van der Waals surface area contributed by atoms with Gasteiger partial charge >= 0.3 is 0 Å². The molecular formula is C11H20N4O2. The molecule has 6 heteroatoms. The second kappa shape index (κ2) is 5.77. The first kappa shape index (κ1) is 13.6. The van der Waals surface area contributed by atoms with Crippen molar-refractivity contribution < 1.29 is 9.53 Å². The molecule has 0 aliphatic rings. The van der Waals surface area contributed by atoms with Crippen molar-refractivity contribution in [1.82, 2.24) is 20.1 Å². The Kier molecular flexibility index (Phi) is 4.62. The zero-order valence-corrected chi connectivity index (χ0v) is 10.9. The second-order valence-electron chi connectivity index (χ2n) is 4.67. The first-order chi connectivity index (χ1) is 7.95. The van der Waals surface area contributed by atoms with Gasteiger partial charge in [0.1, 0.15) is 18.8 Å². The number of ether oxygens (including phenoxy) is 1. The molecule has 0 aromatic carbocycles. The van der Waals surface area contributed by atoms with Crippen LogP contribution in [0.25, 0.3) is 0 Å². The summed E-state index contributed by atoms with van der Waals surface area (Å²) in [6.45, 7) is 8.94. The Bertz CT molecular complexity index is 368. The molecule has 1 rings (SSSR count). The first-order valence-corrected chi connectivity index (χ1v) is 5.69. The van der Waals surface area contributed by atoms with Crippen LogP contribution in [-0.2, 0) is 21.6 Å². The summed E-state index contributed by atoms with van der Waals surface area (Å²) in [5.41, 5.74) is -0.142. The lowest BCUT2D eigenvalue weighted by molar-refractivity contribution is -0.125. The van der Waals surface area contributed by atoms with Gasteiger partial charge in [0.25, 0.3) is 0 Å². The van der Waals surface area contributed by atoms with Crippen molar-refractivity contribution in [3.63, 3.8) is 0 Å². The molecule has 96 valence electrons. The van der Waals surface area contributed by atoms with E-state index in [1.807, 2.05) is 27.7 Å². The molecule has 0 bridgehead atoms. The number of nitrogens with one attached hydrogen (secondary N) is 1. The highest BCUT2D eigenvalue weighted by Gasteiger charge is 2.18. The van der Waals surface area contributed by atoms with E-state index in [1.165, 1.54) is 6.33 Å². The van der Waals surface area contributed by atoms with Gasteiger partial charge in [0.05, 0.1) is 12.1 Å². The maximum Gasteiger partial charge on any atom is 0.246 e. The van der Waals surface area contributed by atoms with E-state index in [2.05, 4.69) is 15.4 Å². The molecule has 0 aliphatic carbocycles. The van der Waals surface area contributed by atoms with E-state index in [0.717, 1.165) is 5.82 Å². The second-order valence-corrected chi connectivity index (χ2v) is 4.67. The summed E-state index contributed by atoms with van der Waals surface area (Å²) < 4.78 is 6.81. The summed E-state index contributed by atoms with van der Waals surface area (Å²) in [7, 11) is 0. The fraction of sp³-hybridized carbons (Fsp3) is 0.727. The van der Waals surface area contributed by atoms with Gasteiger partial charge in [-0.25, -0.2) is 9.67 Å². The Labute approximate surface area is 101 Å². The van der Waals surface area contributed by atoms with Crippen molar-refractivity contribution in [2.45, 2.75) is 39.8 Å². The number of aromatic nitrogens is 3. The molecule has 1 aromatic heterocycles. The predicted octanol–water partition coefficient (Wildman–Crippen LogP) is 0.686. The first-order valence-electron chi connectivity index (χ1n) is 5.69. The lowest BCUT2D eigenvalue weighted by Gasteiger charge is -2.21. The van der Waals surface area contributed by atoms with E-state index in [4.69, 9.17) is 4.74 Å². The SMILES string of the molecule is CCOCC(=O)NCc1ncnn1C(C)(C)C. The molecule has 0 saturated heterocycles. The predicted molar refractivity (Wildman–Crippen MR) is 63.4 cm³/mol. The molecule has 0 atom stereocenters. The molecule has 1 heterocycles. The van der Waals surface area contributed by atoms with Crippen LogP contribution in [0.4, 0.5) is 0 Å². The monoisotopic (exact) mass is 240 g/mol. The minimum Gasteiger partial charge on any atom is -0.372 e. The van der Waals surface area contributed by atoms with Crippen molar-refractivity contribution >= 4 is 5.91 Å². The normalized spacial score (nSPS) is 11.5. The van der Waals surface area contributed by atoms with Gasteiger partial charge in [0, 0.05) is 6.61 Å². The number of carbonyl (C=O) groups excluding carboxylic acids is 1. The largest absolute Gasteiger partial charge is 0.372 e. The van der Waals surface area contributed by atoms with Gasteiger partial charge in [0.2, 0.25) is 5.91 Å². The summed E-state index contributed by atoms with van der Waals surface area (Å²) >= 11 is 0. The molecule has 1 aromatic rings. The molecule has 0 spiro atoms. The maximum atomic E-state index is 11.4. The summed E-state index contributed by atoms with van der Waals surface area (Å²) in [5, 5.41) is 6.90. The molecule has 0 fully saturated rings. The van der Waals surface area contributed by atoms with Crippen LogP contribution in [0.1, 0.15) is 33.5 Å². The molecule has 17 heavy (non-hydrogen) atoms. The van der Waals surface area contributed by atoms with Crippen molar-refractivity contribution in [1.29, 1.82) is 0 Å². The zero-order chi connectivity index (χ0) is 12.9. The standard InChI is InChI=1S/C11H20N4O2/c1-5-17-7-10(16)12-6-9-13-8-14-15(9)11(2,3)4/h8H,5-7H2,1-4H3,(H,12,16). The molecule has 1 N–H and O–H groups in total. The zero-order valence-electron chi connectivity index (χ0n) is 10.9. The average Bonchev–Trinajstić information content (AvgIpc) is 2.71. The minimum absolute atomic E-state index is 0.0835. The minimum atomic E-state index is -0.143. The Morgan fingerprint density at radius 3 is 2.82 bits per heavy atom. The van der Waals surface area contributed by atoms with Crippen LogP contribution < -0.4 is 5.32 Å². The molecule has 1 amide bonds. The van der Waals surface area contributed by atoms with E-state index in [1.54, 1.807) is 4.68 Å². The highest BCUT2D eigenvalue weighted by Crippen LogP contribution is 2.13. The number of hydrogen-bond donors (Lipinski definition) is 1. The number of rotatable bonds is 5. The van der Waals surface area contributed by atoms with E-state index < -0.39 is 0 Å². The van der Waals surface area contributed by atoms with Gasteiger partial charge in [-0.05, 0) is 27.7 Å². The van der Waals surface area contributed by atoms with Crippen molar-refractivity contribution in [2.75, 3.05) is 13.2 Å². The number of amides is 1. The van der Waals surface area contributed by atoms with E-state index in [0.29, 0.717) is 13.2 Å². The fourth-order valence-electron chi connectivity index (χ4n) is 1.37. The molecule has 0 radical (unpaired) electrons. The molecule has 0 unspecified atom stereocenters. The average molecular weight is 240 g/mol. The lowest BCUT2D eigenvalue weighted by Crippen LogP contribution is -2.32. The van der Waals surface area contributed by atoms with Crippen LogP contribution in [0.15, 0.2) is 6.33 Å². The van der Waals surface area contributed by atoms with E-state index >= 15 is 0 Å². The third-order valence-corrected chi connectivity index (χ3v) is 2.13. The maximum absolute atomic E-state index is 11.4. The number of nitrogens with zero attached hydrogens (tertiary/aromatic N) is 3. The van der Waals surface area contributed by atoms with E-state index in [-0.39, 0.29) is 18.1 Å². The third kappa shape index (κ3) is 4.14. The molecule has 0 aliphatic heterocycles. The topological polar surface area (TPSA) is 69.0 Å². The lowest BCUT2D eigenvalue weighted by atomic mass is 10.1. The van der Waals surface area contributed by atoms with Gasteiger partial charge in [-0.3, -0.25) is 4.79 Å². The number of carbonyl (C=O) groups is 1. The molecule has 6 nitrogen and oxygen atoms in total. The van der Waals surface area contributed by atoms with Gasteiger partial charge in [-0.1, -0.05) is 0 Å². The van der Waals surface area contributed by atoms with E-state index in [9.17, 15) is 4.79 Å². The smallest absolute Gasteiger partial charge is 0.246 e. The molecule has 0 saturated carbocycles. The van der Waals surface area contributed by atoms with Crippen LogP contribution >= 0.6 is 0 Å². The summed E-state index contributed by atoms with van der Waals surface area (Å²) in [6, 6.07) is 0. The highest BCUT2D eigenvalue weighted by atomic mass is 16.5. The Morgan fingerprint density at radius 2 is 2.24 bits per heavy atom. The third-order valence-electron chi connectivity index (χ3n) is 2.13. The van der Waals surface area contributed by atoms with Crippen LogP contribution in [0.5, 0.6) is 0 Å². The van der Waals surface area contributed by atoms with Crippen molar-refractivity contribution in [3.05, 3.63) is 12.2 Å².